The van der Waals surface area contributed by atoms with Gasteiger partial charge in [0.15, 0.2) is 0 Å². The van der Waals surface area contributed by atoms with E-state index in [1.165, 1.54) is 16.4 Å². The lowest BCUT2D eigenvalue weighted by molar-refractivity contribution is 0.0484. The number of rotatable bonds is 4. The maximum atomic E-state index is 12.5. The number of nitrogens with zero attached hydrogens (tertiary/aromatic N) is 1. The fourth-order valence-electron chi connectivity index (χ4n) is 2.91. The maximum Gasteiger partial charge on any atom is 0.374 e. The van der Waals surface area contributed by atoms with Gasteiger partial charge in [-0.3, -0.25) is 0 Å². The van der Waals surface area contributed by atoms with E-state index < -0.39 is 16.0 Å². The molecule has 2 fully saturated rings. The topological polar surface area (TPSA) is 88.9 Å². The van der Waals surface area contributed by atoms with E-state index in [0.717, 1.165) is 13.1 Å². The molecule has 3 heterocycles. The van der Waals surface area contributed by atoms with Gasteiger partial charge in [0.25, 0.3) is 10.0 Å². The van der Waals surface area contributed by atoms with Crippen molar-refractivity contribution in [3.8, 4) is 0 Å². The van der Waals surface area contributed by atoms with Crippen LogP contribution in [0.15, 0.2) is 21.6 Å². The van der Waals surface area contributed by atoms with Crippen LogP contribution in [0.3, 0.4) is 0 Å². The molecule has 116 valence electrons. The van der Waals surface area contributed by atoms with Gasteiger partial charge in [-0.2, -0.15) is 4.31 Å². The third-order valence-corrected chi connectivity index (χ3v) is 5.71. The van der Waals surface area contributed by atoms with Crippen molar-refractivity contribution in [2.75, 3.05) is 32.8 Å². The number of sulfonamides is 1. The normalized spacial score (nSPS) is 26.0. The van der Waals surface area contributed by atoms with Crippen LogP contribution in [0.4, 0.5) is 0 Å². The van der Waals surface area contributed by atoms with Gasteiger partial charge in [-0.05, 0) is 44.0 Å². The van der Waals surface area contributed by atoms with Crippen LogP contribution in [0.5, 0.6) is 0 Å². The summed E-state index contributed by atoms with van der Waals surface area (Å²) in [7, 11) is -3.68. The number of hydrogen-bond acceptors (Lipinski definition) is 6. The zero-order chi connectivity index (χ0) is 15.0. The van der Waals surface area contributed by atoms with E-state index in [1.54, 1.807) is 6.92 Å². The number of ether oxygens (including phenoxy) is 1. The Kier molecular flexibility index (Phi) is 3.76. The molecule has 1 aromatic heterocycles. The van der Waals surface area contributed by atoms with Crippen LogP contribution in [0, 0.1) is 11.8 Å². The van der Waals surface area contributed by atoms with Crippen molar-refractivity contribution in [1.29, 1.82) is 0 Å². The van der Waals surface area contributed by atoms with Crippen molar-refractivity contribution >= 4 is 16.0 Å². The molecule has 3 rings (SSSR count). The van der Waals surface area contributed by atoms with Crippen LogP contribution < -0.4 is 5.32 Å². The smallest absolute Gasteiger partial charge is 0.374 e. The van der Waals surface area contributed by atoms with Gasteiger partial charge in [-0.1, -0.05) is 0 Å². The average molecular weight is 314 g/mol. The second-order valence-corrected chi connectivity index (χ2v) is 7.21. The molecule has 2 aliphatic rings. The summed E-state index contributed by atoms with van der Waals surface area (Å²) < 4.78 is 36.4. The van der Waals surface area contributed by atoms with Gasteiger partial charge in [0.05, 0.1) is 6.61 Å². The molecular formula is C13H18N2O5S. The summed E-state index contributed by atoms with van der Waals surface area (Å²) in [6.07, 6.45) is 0. The highest BCUT2D eigenvalue weighted by Crippen LogP contribution is 2.31. The van der Waals surface area contributed by atoms with Crippen LogP contribution in [-0.4, -0.2) is 51.5 Å². The minimum atomic E-state index is -3.68. The molecule has 2 aliphatic heterocycles. The quantitative estimate of drug-likeness (QED) is 0.804. The third kappa shape index (κ3) is 2.58. The second-order valence-electron chi connectivity index (χ2n) is 5.34. The maximum absolute atomic E-state index is 12.5. The number of nitrogens with one attached hydrogen (secondary N) is 1. The minimum absolute atomic E-state index is 0.0866. The lowest BCUT2D eigenvalue weighted by Crippen LogP contribution is -2.31. The predicted molar refractivity (Wildman–Crippen MR) is 73.3 cm³/mol. The Morgan fingerprint density at radius 1 is 1.38 bits per heavy atom. The first kappa shape index (κ1) is 14.6. The number of furan rings is 1. The van der Waals surface area contributed by atoms with E-state index in [2.05, 4.69) is 5.32 Å². The van der Waals surface area contributed by atoms with E-state index in [4.69, 9.17) is 9.15 Å². The summed E-state index contributed by atoms with van der Waals surface area (Å²) in [4.78, 5) is 11.5. The van der Waals surface area contributed by atoms with Gasteiger partial charge >= 0.3 is 5.97 Å². The van der Waals surface area contributed by atoms with Crippen molar-refractivity contribution in [2.24, 2.45) is 11.8 Å². The summed E-state index contributed by atoms with van der Waals surface area (Å²) >= 11 is 0. The monoisotopic (exact) mass is 314 g/mol. The number of esters is 1. The molecule has 0 aliphatic carbocycles. The zero-order valence-electron chi connectivity index (χ0n) is 11.7. The lowest BCUT2D eigenvalue weighted by atomic mass is 10.0. The first-order valence-corrected chi connectivity index (χ1v) is 8.44. The third-order valence-electron chi connectivity index (χ3n) is 4.01. The fraction of sp³-hybridized carbons (Fsp3) is 0.615. The van der Waals surface area contributed by atoms with E-state index in [1.807, 2.05) is 0 Å². The summed E-state index contributed by atoms with van der Waals surface area (Å²) in [6.45, 7) is 4.58. The molecule has 0 bridgehead atoms. The van der Waals surface area contributed by atoms with Crippen LogP contribution in [0.2, 0.25) is 0 Å². The zero-order valence-corrected chi connectivity index (χ0v) is 12.6. The van der Waals surface area contributed by atoms with E-state index in [-0.39, 0.29) is 17.5 Å². The van der Waals surface area contributed by atoms with Crippen molar-refractivity contribution in [3.63, 3.8) is 0 Å². The molecule has 0 radical (unpaired) electrons. The predicted octanol–water partition coefficient (Wildman–Crippen LogP) is 0.296. The standard InChI is InChI=1S/C13H18N2O5S/c1-2-19-13(16)11-3-4-12(20-11)21(17,18)15-7-9-5-14-6-10(9)8-15/h3-4,9-10,14H,2,5-8H2,1H3/t9-,10+. The summed E-state index contributed by atoms with van der Waals surface area (Å²) in [6, 6.07) is 2.65. The molecule has 0 aromatic carbocycles. The number of carbonyl (C=O) groups excluding carboxylic acids is 1. The van der Waals surface area contributed by atoms with Gasteiger partial charge < -0.3 is 14.5 Å². The molecule has 2 saturated heterocycles. The molecule has 21 heavy (non-hydrogen) atoms. The first-order chi connectivity index (χ1) is 10.0. The Labute approximate surface area is 123 Å². The summed E-state index contributed by atoms with van der Waals surface area (Å²) in [5, 5.41) is 3.07. The Morgan fingerprint density at radius 3 is 2.67 bits per heavy atom. The Morgan fingerprint density at radius 2 is 2.05 bits per heavy atom. The summed E-state index contributed by atoms with van der Waals surface area (Å²) in [5.74, 6) is -0.0172. The molecule has 1 aromatic rings. The summed E-state index contributed by atoms with van der Waals surface area (Å²) in [5.41, 5.74) is 0. The highest BCUT2D eigenvalue weighted by Gasteiger charge is 2.42. The van der Waals surface area contributed by atoms with Gasteiger partial charge in [0.1, 0.15) is 0 Å². The molecule has 2 atom stereocenters. The Hall–Kier alpha value is -1.38. The molecule has 1 N–H and O–H groups in total. The Balaban J connectivity index is 1.78. The highest BCUT2D eigenvalue weighted by atomic mass is 32.2. The fourth-order valence-corrected chi connectivity index (χ4v) is 4.37. The SMILES string of the molecule is CCOC(=O)c1ccc(S(=O)(=O)N2C[C@H]3CNC[C@H]3C2)o1. The number of hydrogen-bond donors (Lipinski definition) is 1. The molecule has 0 spiro atoms. The van der Waals surface area contributed by atoms with Crippen LogP contribution in [-0.2, 0) is 14.8 Å². The van der Waals surface area contributed by atoms with Gasteiger partial charge in [-0.15, -0.1) is 0 Å². The Bertz CT molecular complexity index is 627. The lowest BCUT2D eigenvalue weighted by Gasteiger charge is -2.15. The minimum Gasteiger partial charge on any atom is -0.460 e. The van der Waals surface area contributed by atoms with Gasteiger partial charge in [0, 0.05) is 13.1 Å². The van der Waals surface area contributed by atoms with Crippen LogP contribution in [0.25, 0.3) is 0 Å². The largest absolute Gasteiger partial charge is 0.460 e. The highest BCUT2D eigenvalue weighted by molar-refractivity contribution is 7.89. The van der Waals surface area contributed by atoms with Gasteiger partial charge in [-0.25, -0.2) is 13.2 Å². The number of fused-ring (bicyclic) bond motifs is 1. The molecule has 0 amide bonds. The van der Waals surface area contributed by atoms with Crippen LogP contribution >= 0.6 is 0 Å². The molecule has 0 unspecified atom stereocenters. The number of carbonyl (C=O) groups is 1. The van der Waals surface area contributed by atoms with Crippen molar-refractivity contribution in [1.82, 2.24) is 9.62 Å². The molecule has 7 nitrogen and oxygen atoms in total. The van der Waals surface area contributed by atoms with Gasteiger partial charge in [0.2, 0.25) is 10.9 Å². The van der Waals surface area contributed by atoms with Crippen LogP contribution in [0.1, 0.15) is 17.5 Å². The molecule has 0 saturated carbocycles. The molecule has 8 heteroatoms. The second kappa shape index (κ2) is 5.43. The van der Waals surface area contributed by atoms with Crippen molar-refractivity contribution < 1.29 is 22.4 Å². The van der Waals surface area contributed by atoms with E-state index >= 15 is 0 Å². The molecular weight excluding hydrogens is 296 g/mol. The van der Waals surface area contributed by atoms with Crippen molar-refractivity contribution in [2.45, 2.75) is 12.0 Å². The average Bonchev–Trinajstić information content (AvgIpc) is 3.14. The first-order valence-electron chi connectivity index (χ1n) is 7.00. The van der Waals surface area contributed by atoms with E-state index in [0.29, 0.717) is 24.9 Å². The van der Waals surface area contributed by atoms with E-state index in [9.17, 15) is 13.2 Å². The van der Waals surface area contributed by atoms with Crippen molar-refractivity contribution in [3.05, 3.63) is 17.9 Å².